The van der Waals surface area contributed by atoms with Crippen LogP contribution in [0.3, 0.4) is 0 Å². The van der Waals surface area contributed by atoms with Crippen molar-refractivity contribution in [2.75, 3.05) is 16.7 Å². The fourth-order valence-corrected chi connectivity index (χ4v) is 3.00. The Kier molecular flexibility index (Phi) is 4.51. The average molecular weight is 318 g/mol. The fraction of sp³-hybridized carbons (Fsp3) is 0.188. The van der Waals surface area contributed by atoms with Gasteiger partial charge in [0.25, 0.3) is 10.0 Å². The summed E-state index contributed by atoms with van der Waals surface area (Å²) in [6, 6.07) is 13.3. The molecule has 0 radical (unpaired) electrons. The standard InChI is InChI=1S/C16H18N2O3S/c1-12-5-4-6-14(11-12)17-22(20,21)16-9-7-15(8-10-16)18(3)13(2)19/h4-11,17H,1-3H3. The highest BCUT2D eigenvalue weighted by Gasteiger charge is 2.15. The lowest BCUT2D eigenvalue weighted by Crippen LogP contribution is -2.22. The van der Waals surface area contributed by atoms with Gasteiger partial charge in [-0.15, -0.1) is 0 Å². The van der Waals surface area contributed by atoms with E-state index in [1.165, 1.54) is 24.0 Å². The van der Waals surface area contributed by atoms with Gasteiger partial charge in [-0.2, -0.15) is 0 Å². The first-order chi connectivity index (χ1) is 10.3. The number of rotatable bonds is 4. The van der Waals surface area contributed by atoms with Gasteiger partial charge in [0.15, 0.2) is 0 Å². The first-order valence-electron chi connectivity index (χ1n) is 6.73. The molecule has 0 spiro atoms. The molecule has 0 saturated heterocycles. The molecule has 6 heteroatoms. The number of carbonyl (C=O) groups is 1. The Hall–Kier alpha value is -2.34. The van der Waals surface area contributed by atoms with Crippen molar-refractivity contribution in [3.63, 3.8) is 0 Å². The minimum atomic E-state index is -3.65. The van der Waals surface area contributed by atoms with E-state index < -0.39 is 10.0 Å². The van der Waals surface area contributed by atoms with Crippen molar-refractivity contribution in [1.29, 1.82) is 0 Å². The van der Waals surface area contributed by atoms with Gasteiger partial charge in [0.1, 0.15) is 0 Å². The number of nitrogens with zero attached hydrogens (tertiary/aromatic N) is 1. The molecule has 0 fully saturated rings. The molecule has 2 aromatic carbocycles. The van der Waals surface area contributed by atoms with E-state index >= 15 is 0 Å². The molecule has 0 aliphatic carbocycles. The van der Waals surface area contributed by atoms with Gasteiger partial charge in [-0.1, -0.05) is 12.1 Å². The van der Waals surface area contributed by atoms with Crippen molar-refractivity contribution < 1.29 is 13.2 Å². The molecule has 0 aliphatic heterocycles. The molecular formula is C16H18N2O3S. The molecule has 1 N–H and O–H groups in total. The highest BCUT2D eigenvalue weighted by Crippen LogP contribution is 2.20. The lowest BCUT2D eigenvalue weighted by Gasteiger charge is -2.15. The van der Waals surface area contributed by atoms with E-state index in [0.29, 0.717) is 11.4 Å². The van der Waals surface area contributed by atoms with Crippen LogP contribution in [-0.2, 0) is 14.8 Å². The summed E-state index contributed by atoms with van der Waals surface area (Å²) < 4.78 is 27.2. The van der Waals surface area contributed by atoms with Crippen LogP contribution in [0.4, 0.5) is 11.4 Å². The Balaban J connectivity index is 2.25. The number of nitrogens with one attached hydrogen (secondary N) is 1. The largest absolute Gasteiger partial charge is 0.316 e. The van der Waals surface area contributed by atoms with Gasteiger partial charge in [0.05, 0.1) is 4.90 Å². The molecule has 22 heavy (non-hydrogen) atoms. The zero-order chi connectivity index (χ0) is 16.3. The van der Waals surface area contributed by atoms with Gasteiger partial charge >= 0.3 is 0 Å². The first kappa shape index (κ1) is 16.0. The Morgan fingerprint density at radius 1 is 1.09 bits per heavy atom. The predicted octanol–water partition coefficient (Wildman–Crippen LogP) is 2.78. The molecule has 0 bridgehead atoms. The smallest absolute Gasteiger partial charge is 0.261 e. The third kappa shape index (κ3) is 3.65. The highest BCUT2D eigenvalue weighted by atomic mass is 32.2. The molecule has 0 heterocycles. The molecule has 0 aliphatic rings. The number of aryl methyl sites for hydroxylation is 1. The summed E-state index contributed by atoms with van der Waals surface area (Å²) in [5.41, 5.74) is 2.13. The Labute approximate surface area is 130 Å². The molecule has 0 saturated carbocycles. The molecule has 116 valence electrons. The van der Waals surface area contributed by atoms with Crippen LogP contribution in [0.2, 0.25) is 0 Å². The summed E-state index contributed by atoms with van der Waals surface area (Å²) in [5.74, 6) is -0.117. The highest BCUT2D eigenvalue weighted by molar-refractivity contribution is 7.92. The maximum Gasteiger partial charge on any atom is 0.261 e. The molecule has 0 aromatic heterocycles. The summed E-state index contributed by atoms with van der Waals surface area (Å²) in [6.45, 7) is 3.34. The second kappa shape index (κ2) is 6.19. The summed E-state index contributed by atoms with van der Waals surface area (Å²) in [5, 5.41) is 0. The molecule has 1 amide bonds. The Morgan fingerprint density at radius 2 is 1.73 bits per heavy atom. The molecule has 2 aromatic rings. The van der Waals surface area contributed by atoms with Crippen molar-refractivity contribution in [2.24, 2.45) is 0 Å². The van der Waals surface area contributed by atoms with Gasteiger partial charge in [-0.25, -0.2) is 8.42 Å². The second-order valence-corrected chi connectivity index (χ2v) is 6.73. The van der Waals surface area contributed by atoms with Crippen molar-refractivity contribution in [3.8, 4) is 0 Å². The van der Waals surface area contributed by atoms with Crippen LogP contribution < -0.4 is 9.62 Å². The Bertz CT molecular complexity index is 783. The van der Waals surface area contributed by atoms with Crippen molar-refractivity contribution >= 4 is 27.3 Å². The number of anilines is 2. The molecular weight excluding hydrogens is 300 g/mol. The number of benzene rings is 2. The van der Waals surface area contributed by atoms with E-state index in [2.05, 4.69) is 4.72 Å². The first-order valence-corrected chi connectivity index (χ1v) is 8.22. The van der Waals surface area contributed by atoms with Crippen LogP contribution in [0.1, 0.15) is 12.5 Å². The summed E-state index contributed by atoms with van der Waals surface area (Å²) in [4.78, 5) is 12.9. The quantitative estimate of drug-likeness (QED) is 0.942. The zero-order valence-corrected chi connectivity index (χ0v) is 13.5. The number of sulfonamides is 1. The van der Waals surface area contributed by atoms with Gasteiger partial charge in [-0.3, -0.25) is 9.52 Å². The maximum absolute atomic E-state index is 12.3. The van der Waals surface area contributed by atoms with Crippen molar-refractivity contribution in [1.82, 2.24) is 0 Å². The van der Waals surface area contributed by atoms with E-state index in [9.17, 15) is 13.2 Å². The number of hydrogen-bond donors (Lipinski definition) is 1. The number of carbonyl (C=O) groups excluding carboxylic acids is 1. The lowest BCUT2D eigenvalue weighted by molar-refractivity contribution is -0.116. The normalized spacial score (nSPS) is 11.0. The third-order valence-electron chi connectivity index (χ3n) is 3.28. The lowest BCUT2D eigenvalue weighted by atomic mass is 10.2. The van der Waals surface area contributed by atoms with E-state index in [1.54, 1.807) is 37.4 Å². The molecule has 0 unspecified atom stereocenters. The van der Waals surface area contributed by atoms with Crippen molar-refractivity contribution in [3.05, 3.63) is 54.1 Å². The number of amides is 1. The predicted molar refractivity (Wildman–Crippen MR) is 87.5 cm³/mol. The summed E-state index contributed by atoms with van der Waals surface area (Å²) in [6.07, 6.45) is 0. The van der Waals surface area contributed by atoms with Crippen LogP contribution in [0.5, 0.6) is 0 Å². The van der Waals surface area contributed by atoms with E-state index in [-0.39, 0.29) is 10.8 Å². The van der Waals surface area contributed by atoms with Crippen LogP contribution >= 0.6 is 0 Å². The van der Waals surface area contributed by atoms with Crippen LogP contribution in [-0.4, -0.2) is 21.4 Å². The van der Waals surface area contributed by atoms with Crippen LogP contribution in [0, 0.1) is 6.92 Å². The molecule has 0 atom stereocenters. The molecule has 5 nitrogen and oxygen atoms in total. The average Bonchev–Trinajstić information content (AvgIpc) is 2.46. The van der Waals surface area contributed by atoms with E-state index in [1.807, 2.05) is 13.0 Å². The van der Waals surface area contributed by atoms with Crippen LogP contribution in [0.25, 0.3) is 0 Å². The number of hydrogen-bond acceptors (Lipinski definition) is 3. The molecule has 2 rings (SSSR count). The summed E-state index contributed by atoms with van der Waals surface area (Å²) in [7, 11) is -2.01. The maximum atomic E-state index is 12.3. The van der Waals surface area contributed by atoms with Gasteiger partial charge in [0, 0.05) is 25.3 Å². The SMILES string of the molecule is CC(=O)N(C)c1ccc(S(=O)(=O)Nc2cccc(C)c2)cc1. The van der Waals surface area contributed by atoms with Crippen molar-refractivity contribution in [2.45, 2.75) is 18.7 Å². The van der Waals surface area contributed by atoms with E-state index in [4.69, 9.17) is 0 Å². The Morgan fingerprint density at radius 3 is 2.27 bits per heavy atom. The van der Waals surface area contributed by atoms with Gasteiger partial charge < -0.3 is 4.90 Å². The van der Waals surface area contributed by atoms with Gasteiger partial charge in [0.2, 0.25) is 5.91 Å². The topological polar surface area (TPSA) is 66.5 Å². The third-order valence-corrected chi connectivity index (χ3v) is 4.67. The van der Waals surface area contributed by atoms with Gasteiger partial charge in [-0.05, 0) is 48.9 Å². The summed E-state index contributed by atoms with van der Waals surface area (Å²) >= 11 is 0. The zero-order valence-electron chi connectivity index (χ0n) is 12.7. The van der Waals surface area contributed by atoms with Crippen LogP contribution in [0.15, 0.2) is 53.4 Å². The fourth-order valence-electron chi connectivity index (χ4n) is 1.95. The minimum Gasteiger partial charge on any atom is -0.316 e. The van der Waals surface area contributed by atoms with E-state index in [0.717, 1.165) is 5.56 Å². The second-order valence-electron chi connectivity index (χ2n) is 5.05. The monoisotopic (exact) mass is 318 g/mol. The minimum absolute atomic E-state index is 0.117.